The lowest BCUT2D eigenvalue weighted by atomic mass is 10.1. The molecule has 8 heteroatoms. The Labute approximate surface area is 172 Å². The van der Waals surface area contributed by atoms with Crippen molar-refractivity contribution < 1.29 is 22.8 Å². The van der Waals surface area contributed by atoms with Gasteiger partial charge in [-0.2, -0.15) is 13.2 Å². The fourth-order valence-electron chi connectivity index (χ4n) is 2.51. The zero-order chi connectivity index (χ0) is 21.0. The minimum atomic E-state index is -4.49. The Kier molecular flexibility index (Phi) is 6.03. The Morgan fingerprint density at radius 2 is 1.34 bits per heavy atom. The minimum Gasteiger partial charge on any atom is -0.322 e. The largest absolute Gasteiger partial charge is 0.416 e. The number of alkyl halides is 3. The predicted octanol–water partition coefficient (Wildman–Crippen LogP) is 5.97. The number of benzene rings is 3. The molecule has 0 aliphatic rings. The van der Waals surface area contributed by atoms with E-state index in [0.29, 0.717) is 11.3 Å². The molecule has 0 radical (unpaired) electrons. The normalized spacial score (nSPS) is 11.0. The third-order valence-corrected chi connectivity index (χ3v) is 4.43. The van der Waals surface area contributed by atoms with E-state index in [1.165, 1.54) is 36.4 Å². The maximum atomic E-state index is 12.8. The van der Waals surface area contributed by atoms with Crippen LogP contribution in [0.2, 0.25) is 0 Å². The number of hydrogen-bond acceptors (Lipinski definition) is 2. The molecule has 0 saturated heterocycles. The van der Waals surface area contributed by atoms with E-state index >= 15 is 0 Å². The fraction of sp³-hybridized carbons (Fsp3) is 0.0476. The van der Waals surface area contributed by atoms with Crippen molar-refractivity contribution in [3.05, 3.63) is 94.0 Å². The molecule has 0 saturated carbocycles. The van der Waals surface area contributed by atoms with E-state index in [-0.39, 0.29) is 17.2 Å². The van der Waals surface area contributed by atoms with E-state index in [2.05, 4.69) is 26.6 Å². The number of rotatable bonds is 4. The SMILES string of the molecule is O=C(Nc1cccc(C(F)(F)F)c1)c1ccc(NC(=O)c2cccc(Br)c2)cc1. The van der Waals surface area contributed by atoms with Crippen LogP contribution in [-0.4, -0.2) is 11.8 Å². The molecule has 2 amide bonds. The van der Waals surface area contributed by atoms with Crippen LogP contribution >= 0.6 is 15.9 Å². The van der Waals surface area contributed by atoms with Gasteiger partial charge in [-0.05, 0) is 60.7 Å². The van der Waals surface area contributed by atoms with Gasteiger partial charge < -0.3 is 10.6 Å². The minimum absolute atomic E-state index is 0.0388. The van der Waals surface area contributed by atoms with Gasteiger partial charge >= 0.3 is 6.18 Å². The van der Waals surface area contributed by atoms with Crippen molar-refractivity contribution in [1.82, 2.24) is 0 Å². The number of anilines is 2. The highest BCUT2D eigenvalue weighted by Crippen LogP contribution is 2.30. The summed E-state index contributed by atoms with van der Waals surface area (Å²) >= 11 is 3.30. The Bertz CT molecular complexity index is 1050. The molecule has 4 nitrogen and oxygen atoms in total. The van der Waals surface area contributed by atoms with E-state index in [1.807, 2.05) is 0 Å². The van der Waals surface area contributed by atoms with Crippen LogP contribution < -0.4 is 10.6 Å². The summed E-state index contributed by atoms with van der Waals surface area (Å²) in [5, 5.41) is 5.14. The molecule has 0 aliphatic carbocycles. The summed E-state index contributed by atoms with van der Waals surface area (Å²) in [4.78, 5) is 24.5. The van der Waals surface area contributed by atoms with Gasteiger partial charge in [0.2, 0.25) is 0 Å². The third kappa shape index (κ3) is 5.45. The first-order valence-corrected chi connectivity index (χ1v) is 9.17. The van der Waals surface area contributed by atoms with Gasteiger partial charge in [0.25, 0.3) is 11.8 Å². The van der Waals surface area contributed by atoms with Crippen molar-refractivity contribution in [3.63, 3.8) is 0 Å². The molecule has 0 bridgehead atoms. The highest BCUT2D eigenvalue weighted by atomic mass is 79.9. The lowest BCUT2D eigenvalue weighted by Crippen LogP contribution is -2.14. The third-order valence-electron chi connectivity index (χ3n) is 3.94. The average Bonchev–Trinajstić information content (AvgIpc) is 2.68. The van der Waals surface area contributed by atoms with Gasteiger partial charge in [-0.3, -0.25) is 9.59 Å². The van der Waals surface area contributed by atoms with Crippen LogP contribution in [0.3, 0.4) is 0 Å². The second-order valence-corrected chi connectivity index (χ2v) is 6.99. The van der Waals surface area contributed by atoms with Gasteiger partial charge in [-0.25, -0.2) is 0 Å². The van der Waals surface area contributed by atoms with Gasteiger partial charge in [-0.1, -0.05) is 28.1 Å². The van der Waals surface area contributed by atoms with E-state index in [1.54, 1.807) is 24.3 Å². The quantitative estimate of drug-likeness (QED) is 0.501. The van der Waals surface area contributed by atoms with Gasteiger partial charge in [0, 0.05) is 27.0 Å². The molecule has 2 N–H and O–H groups in total. The van der Waals surface area contributed by atoms with Crippen LogP contribution in [0.25, 0.3) is 0 Å². The summed E-state index contributed by atoms with van der Waals surface area (Å²) in [6.45, 7) is 0. The Morgan fingerprint density at radius 3 is 2.00 bits per heavy atom. The lowest BCUT2D eigenvalue weighted by molar-refractivity contribution is -0.137. The standard InChI is InChI=1S/C21H14BrF3N2O2/c22-16-5-1-3-14(11-16)20(29)26-17-9-7-13(8-10-17)19(28)27-18-6-2-4-15(12-18)21(23,24)25/h1-12H,(H,26,29)(H,27,28). The number of amides is 2. The summed E-state index contributed by atoms with van der Waals surface area (Å²) < 4.78 is 39.1. The van der Waals surface area contributed by atoms with Crippen molar-refractivity contribution in [2.45, 2.75) is 6.18 Å². The van der Waals surface area contributed by atoms with Crippen molar-refractivity contribution in [3.8, 4) is 0 Å². The van der Waals surface area contributed by atoms with Gasteiger partial charge in [-0.15, -0.1) is 0 Å². The van der Waals surface area contributed by atoms with E-state index in [9.17, 15) is 22.8 Å². The number of carbonyl (C=O) groups excluding carboxylic acids is 2. The maximum absolute atomic E-state index is 12.8. The topological polar surface area (TPSA) is 58.2 Å². The Hall–Kier alpha value is -3.13. The first kappa shape index (κ1) is 20.6. The van der Waals surface area contributed by atoms with Crippen molar-refractivity contribution >= 4 is 39.1 Å². The Balaban J connectivity index is 1.67. The van der Waals surface area contributed by atoms with Crippen LogP contribution in [0, 0.1) is 0 Å². The van der Waals surface area contributed by atoms with Crippen molar-refractivity contribution in [1.29, 1.82) is 0 Å². The second kappa shape index (κ2) is 8.48. The van der Waals surface area contributed by atoms with Gasteiger partial charge in [0.05, 0.1) is 5.56 Å². The molecular weight excluding hydrogens is 449 g/mol. The monoisotopic (exact) mass is 462 g/mol. The molecule has 0 aliphatic heterocycles. The molecule has 0 spiro atoms. The molecule has 0 atom stereocenters. The van der Waals surface area contributed by atoms with Crippen LogP contribution in [0.4, 0.5) is 24.5 Å². The first-order chi connectivity index (χ1) is 13.7. The molecule has 3 rings (SSSR count). The number of hydrogen-bond donors (Lipinski definition) is 2. The number of halogens is 4. The van der Waals surface area contributed by atoms with E-state index in [0.717, 1.165) is 16.6 Å². The zero-order valence-corrected chi connectivity index (χ0v) is 16.3. The van der Waals surface area contributed by atoms with E-state index < -0.39 is 17.6 Å². The number of carbonyl (C=O) groups is 2. The maximum Gasteiger partial charge on any atom is 0.416 e. The molecule has 0 unspecified atom stereocenters. The number of nitrogens with one attached hydrogen (secondary N) is 2. The molecule has 0 aromatic heterocycles. The van der Waals surface area contributed by atoms with Crippen LogP contribution in [-0.2, 0) is 6.18 Å². The molecule has 0 heterocycles. The summed E-state index contributed by atoms with van der Waals surface area (Å²) in [5.74, 6) is -0.873. The highest BCUT2D eigenvalue weighted by Gasteiger charge is 2.30. The van der Waals surface area contributed by atoms with E-state index in [4.69, 9.17) is 0 Å². The predicted molar refractivity (Wildman–Crippen MR) is 108 cm³/mol. The first-order valence-electron chi connectivity index (χ1n) is 8.38. The molecular formula is C21H14BrF3N2O2. The summed E-state index contributed by atoms with van der Waals surface area (Å²) in [6, 6.07) is 17.3. The molecule has 3 aromatic rings. The Morgan fingerprint density at radius 1 is 0.724 bits per heavy atom. The summed E-state index contributed by atoms with van der Waals surface area (Å²) in [6.07, 6.45) is -4.49. The van der Waals surface area contributed by atoms with Crippen molar-refractivity contribution in [2.75, 3.05) is 10.6 Å². The zero-order valence-electron chi connectivity index (χ0n) is 14.8. The highest BCUT2D eigenvalue weighted by molar-refractivity contribution is 9.10. The fourth-order valence-corrected chi connectivity index (χ4v) is 2.91. The average molecular weight is 463 g/mol. The molecule has 29 heavy (non-hydrogen) atoms. The smallest absolute Gasteiger partial charge is 0.322 e. The molecule has 148 valence electrons. The summed E-state index contributed by atoms with van der Waals surface area (Å²) in [5.41, 5.74) is 0.372. The molecule has 3 aromatic carbocycles. The second-order valence-electron chi connectivity index (χ2n) is 6.07. The van der Waals surface area contributed by atoms with Crippen molar-refractivity contribution in [2.24, 2.45) is 0 Å². The molecule has 0 fully saturated rings. The van der Waals surface area contributed by atoms with Crippen LogP contribution in [0.15, 0.2) is 77.3 Å². The van der Waals surface area contributed by atoms with Gasteiger partial charge in [0.1, 0.15) is 0 Å². The van der Waals surface area contributed by atoms with Crippen LogP contribution in [0.5, 0.6) is 0 Å². The van der Waals surface area contributed by atoms with Gasteiger partial charge in [0.15, 0.2) is 0 Å². The lowest BCUT2D eigenvalue weighted by Gasteiger charge is -2.10. The van der Waals surface area contributed by atoms with Crippen LogP contribution in [0.1, 0.15) is 26.3 Å². The summed E-state index contributed by atoms with van der Waals surface area (Å²) in [7, 11) is 0.